The molecule has 5 rings (SSSR count). The number of thiazole rings is 1. The number of benzene rings is 1. The van der Waals surface area contributed by atoms with Gasteiger partial charge in [-0.25, -0.2) is 15.0 Å². The predicted molar refractivity (Wildman–Crippen MR) is 120 cm³/mol. The topological polar surface area (TPSA) is 86.2 Å². The van der Waals surface area contributed by atoms with Gasteiger partial charge < -0.3 is 14.8 Å². The van der Waals surface area contributed by atoms with E-state index >= 15 is 0 Å². The molecule has 2 aromatic heterocycles. The smallest absolute Gasteiger partial charge is 0.229 e. The normalized spacial score (nSPS) is 16.7. The summed E-state index contributed by atoms with van der Waals surface area (Å²) in [6.45, 7) is 2.93. The van der Waals surface area contributed by atoms with E-state index in [1.165, 1.54) is 24.2 Å². The zero-order valence-electron chi connectivity index (χ0n) is 17.6. The summed E-state index contributed by atoms with van der Waals surface area (Å²) in [5, 5.41) is 3.55. The molecular weight excluding hydrogens is 412 g/mol. The highest BCUT2D eigenvalue weighted by atomic mass is 32.1. The average molecular weight is 439 g/mol. The Kier molecular flexibility index (Phi) is 5.82. The summed E-state index contributed by atoms with van der Waals surface area (Å²) in [6.07, 6.45) is 10.7. The van der Waals surface area contributed by atoms with E-state index in [4.69, 9.17) is 9.47 Å². The van der Waals surface area contributed by atoms with Crippen molar-refractivity contribution in [3.63, 3.8) is 0 Å². The van der Waals surface area contributed by atoms with Crippen LogP contribution in [0.1, 0.15) is 51.3 Å². The average Bonchev–Trinajstić information content (AvgIpc) is 3.35. The number of carbonyl (C=O) groups excluding carboxylic acids is 1. The molecule has 2 heterocycles. The number of nitrogens with zero attached hydrogens (tertiary/aromatic N) is 3. The molecule has 1 N–H and O–H groups in total. The molecule has 3 aromatic rings. The highest BCUT2D eigenvalue weighted by Crippen LogP contribution is 2.41. The van der Waals surface area contributed by atoms with Crippen LogP contribution in [0.2, 0.25) is 0 Å². The number of nitrogens with one attached hydrogen (secondary N) is 1. The molecule has 0 atom stereocenters. The number of anilines is 1. The van der Waals surface area contributed by atoms with E-state index in [1.807, 2.05) is 31.5 Å². The maximum absolute atomic E-state index is 12.1. The van der Waals surface area contributed by atoms with Gasteiger partial charge in [0.2, 0.25) is 5.91 Å². The second-order valence-electron chi connectivity index (χ2n) is 8.11. The van der Waals surface area contributed by atoms with E-state index in [1.54, 1.807) is 0 Å². The SMILES string of the molecule is CCOc1c(-c2cnc(COC3CCCC3)nc2)ccc2nc(NC(=O)C3CC3)sc12. The molecule has 7 nitrogen and oxygen atoms in total. The van der Waals surface area contributed by atoms with Gasteiger partial charge in [0.15, 0.2) is 11.0 Å². The first kappa shape index (κ1) is 20.3. The van der Waals surface area contributed by atoms with Gasteiger partial charge in [-0.3, -0.25) is 4.79 Å². The number of aromatic nitrogens is 3. The van der Waals surface area contributed by atoms with Crippen molar-refractivity contribution in [2.45, 2.75) is 58.2 Å². The van der Waals surface area contributed by atoms with Crippen molar-refractivity contribution in [2.75, 3.05) is 11.9 Å². The summed E-state index contributed by atoms with van der Waals surface area (Å²) in [5.74, 6) is 1.64. The van der Waals surface area contributed by atoms with Crippen LogP contribution >= 0.6 is 11.3 Å². The van der Waals surface area contributed by atoms with Crippen molar-refractivity contribution in [1.29, 1.82) is 0 Å². The van der Waals surface area contributed by atoms with Crippen molar-refractivity contribution in [3.05, 3.63) is 30.4 Å². The predicted octanol–water partition coefficient (Wildman–Crippen LogP) is 4.96. The standard InChI is InChI=1S/C23H26N4O3S/c1-2-29-20-17(15-11-24-19(25-12-15)13-30-16-5-3-4-6-16)9-10-18-21(20)31-23(26-18)27-22(28)14-7-8-14/h9-12,14,16H,2-8,13H2,1H3,(H,26,27,28). The van der Waals surface area contributed by atoms with Crippen molar-refractivity contribution < 1.29 is 14.3 Å². The Morgan fingerprint density at radius 2 is 1.94 bits per heavy atom. The van der Waals surface area contributed by atoms with Crippen LogP contribution in [-0.4, -0.2) is 33.6 Å². The summed E-state index contributed by atoms with van der Waals surface area (Å²) >= 11 is 1.44. The number of ether oxygens (including phenoxy) is 2. The summed E-state index contributed by atoms with van der Waals surface area (Å²) in [6, 6.07) is 3.93. The number of amides is 1. The molecule has 2 aliphatic rings. The molecular formula is C23H26N4O3S. The molecule has 2 fully saturated rings. The molecule has 162 valence electrons. The molecule has 0 aliphatic heterocycles. The van der Waals surface area contributed by atoms with E-state index < -0.39 is 0 Å². The second-order valence-corrected chi connectivity index (χ2v) is 9.11. The van der Waals surface area contributed by atoms with Crippen LogP contribution in [0.3, 0.4) is 0 Å². The van der Waals surface area contributed by atoms with Crippen molar-refractivity contribution >= 4 is 32.6 Å². The van der Waals surface area contributed by atoms with Crippen LogP contribution < -0.4 is 10.1 Å². The Morgan fingerprint density at radius 1 is 1.16 bits per heavy atom. The van der Waals surface area contributed by atoms with Crippen LogP contribution in [0.15, 0.2) is 24.5 Å². The number of carbonyl (C=O) groups is 1. The number of hydrogen-bond donors (Lipinski definition) is 1. The Labute approximate surface area is 185 Å². The molecule has 0 unspecified atom stereocenters. The number of fused-ring (bicyclic) bond motifs is 1. The van der Waals surface area contributed by atoms with Gasteiger partial charge >= 0.3 is 0 Å². The van der Waals surface area contributed by atoms with Gasteiger partial charge in [-0.05, 0) is 44.7 Å². The van der Waals surface area contributed by atoms with Crippen molar-refractivity contribution in [2.24, 2.45) is 5.92 Å². The Morgan fingerprint density at radius 3 is 2.65 bits per heavy atom. The van der Waals surface area contributed by atoms with Gasteiger partial charge in [0, 0.05) is 29.4 Å². The lowest BCUT2D eigenvalue weighted by molar-refractivity contribution is -0.117. The fourth-order valence-electron chi connectivity index (χ4n) is 3.91. The lowest BCUT2D eigenvalue weighted by Gasteiger charge is -2.12. The van der Waals surface area contributed by atoms with Crippen LogP contribution in [0.25, 0.3) is 21.3 Å². The first-order chi connectivity index (χ1) is 15.2. The summed E-state index contributed by atoms with van der Waals surface area (Å²) in [7, 11) is 0. The van der Waals surface area contributed by atoms with Gasteiger partial charge in [0.25, 0.3) is 0 Å². The Balaban J connectivity index is 1.38. The molecule has 2 aliphatic carbocycles. The third kappa shape index (κ3) is 4.55. The molecule has 1 amide bonds. The zero-order valence-corrected chi connectivity index (χ0v) is 18.4. The Bertz CT molecular complexity index is 1070. The maximum atomic E-state index is 12.1. The number of rotatable bonds is 8. The third-order valence-corrected chi connectivity index (χ3v) is 6.73. The van der Waals surface area contributed by atoms with Crippen LogP contribution in [0, 0.1) is 5.92 Å². The van der Waals surface area contributed by atoms with Crippen LogP contribution in [0.4, 0.5) is 5.13 Å². The summed E-state index contributed by atoms with van der Waals surface area (Å²) in [4.78, 5) is 25.7. The molecule has 2 saturated carbocycles. The molecule has 1 aromatic carbocycles. The highest BCUT2D eigenvalue weighted by Gasteiger charge is 2.30. The van der Waals surface area contributed by atoms with Gasteiger partial charge in [-0.15, -0.1) is 0 Å². The maximum Gasteiger partial charge on any atom is 0.229 e. The summed E-state index contributed by atoms with van der Waals surface area (Å²) < 4.78 is 12.8. The molecule has 0 radical (unpaired) electrons. The lowest BCUT2D eigenvalue weighted by Crippen LogP contribution is -2.12. The minimum absolute atomic E-state index is 0.0565. The van der Waals surface area contributed by atoms with Crippen LogP contribution in [-0.2, 0) is 16.1 Å². The van der Waals surface area contributed by atoms with E-state index in [9.17, 15) is 4.79 Å². The summed E-state index contributed by atoms with van der Waals surface area (Å²) in [5.41, 5.74) is 2.61. The van der Waals surface area contributed by atoms with Gasteiger partial charge in [-0.1, -0.05) is 24.2 Å². The van der Waals surface area contributed by atoms with E-state index in [-0.39, 0.29) is 11.8 Å². The van der Waals surface area contributed by atoms with Crippen molar-refractivity contribution in [3.8, 4) is 16.9 Å². The first-order valence-electron chi connectivity index (χ1n) is 11.0. The monoisotopic (exact) mass is 438 g/mol. The fourth-order valence-corrected chi connectivity index (χ4v) is 4.87. The minimum Gasteiger partial charge on any atom is -0.492 e. The quantitative estimate of drug-likeness (QED) is 0.535. The van der Waals surface area contributed by atoms with Crippen LogP contribution in [0.5, 0.6) is 5.75 Å². The fraction of sp³-hybridized carbons (Fsp3) is 0.478. The van der Waals surface area contributed by atoms with Gasteiger partial charge in [-0.2, -0.15) is 0 Å². The van der Waals surface area contributed by atoms with E-state index in [0.29, 0.717) is 30.3 Å². The van der Waals surface area contributed by atoms with Crippen molar-refractivity contribution in [1.82, 2.24) is 15.0 Å². The molecule has 8 heteroatoms. The molecule has 0 spiro atoms. The molecule has 0 saturated heterocycles. The lowest BCUT2D eigenvalue weighted by atomic mass is 10.1. The number of hydrogen-bond acceptors (Lipinski definition) is 7. The van der Waals surface area contributed by atoms with Gasteiger partial charge in [0.05, 0.1) is 22.9 Å². The zero-order chi connectivity index (χ0) is 21.2. The second kappa shape index (κ2) is 8.88. The van der Waals surface area contributed by atoms with E-state index in [0.717, 1.165) is 52.8 Å². The third-order valence-electron chi connectivity index (χ3n) is 5.75. The molecule has 31 heavy (non-hydrogen) atoms. The largest absolute Gasteiger partial charge is 0.492 e. The minimum atomic E-state index is 0.0565. The van der Waals surface area contributed by atoms with E-state index in [2.05, 4.69) is 20.3 Å². The Hall–Kier alpha value is -2.58. The van der Waals surface area contributed by atoms with Gasteiger partial charge in [0.1, 0.15) is 12.4 Å². The first-order valence-corrected chi connectivity index (χ1v) is 11.8. The highest BCUT2D eigenvalue weighted by molar-refractivity contribution is 7.22. The molecule has 0 bridgehead atoms.